The first-order chi connectivity index (χ1) is 22.2. The molecule has 1 radical (unpaired) electrons. The van der Waals surface area contributed by atoms with Crippen molar-refractivity contribution in [1.29, 1.82) is 5.41 Å². The molecule has 4 aromatic rings. The maximum atomic E-state index is 14.0. The number of fused-ring (bicyclic) bond motifs is 1. The van der Waals surface area contributed by atoms with Gasteiger partial charge in [-0.1, -0.05) is 78.9 Å². The van der Waals surface area contributed by atoms with Crippen LogP contribution >= 0.6 is 0 Å². The van der Waals surface area contributed by atoms with Gasteiger partial charge in [0, 0.05) is 30.1 Å². The highest BCUT2D eigenvalue weighted by molar-refractivity contribution is 6.00. The van der Waals surface area contributed by atoms with Gasteiger partial charge in [-0.25, -0.2) is 4.79 Å². The molecule has 1 heterocycles. The smallest absolute Gasteiger partial charge is 0.321 e. The summed E-state index contributed by atoms with van der Waals surface area (Å²) in [7, 11) is 0. The van der Waals surface area contributed by atoms with E-state index in [9.17, 15) is 19.2 Å². The molecule has 1 aromatic heterocycles. The quantitative estimate of drug-likeness (QED) is 0.0603. The minimum Gasteiger partial charge on any atom is -0.370 e. The predicted molar refractivity (Wildman–Crippen MR) is 176 cm³/mol. The zero-order valence-corrected chi connectivity index (χ0v) is 25.4. The fraction of sp³-hybridized carbons (Fsp3) is 0.235. The molecule has 0 saturated carbocycles. The second-order valence-corrected chi connectivity index (χ2v) is 10.8. The van der Waals surface area contributed by atoms with E-state index < -0.39 is 35.8 Å². The van der Waals surface area contributed by atoms with Gasteiger partial charge in [-0.2, -0.15) is 0 Å². The van der Waals surface area contributed by atoms with Crippen molar-refractivity contribution < 1.29 is 19.2 Å². The van der Waals surface area contributed by atoms with Gasteiger partial charge in [-0.3, -0.25) is 24.7 Å². The van der Waals surface area contributed by atoms with Gasteiger partial charge >= 0.3 is 6.03 Å². The zero-order valence-electron chi connectivity index (χ0n) is 25.4. The number of hydrogen-bond acceptors (Lipinski definition) is 5. The lowest BCUT2D eigenvalue weighted by Gasteiger charge is -2.27. The van der Waals surface area contributed by atoms with E-state index in [-0.39, 0.29) is 25.3 Å². The molecule has 2 atom stereocenters. The Morgan fingerprint density at radius 2 is 1.50 bits per heavy atom. The Morgan fingerprint density at radius 1 is 0.848 bits per heavy atom. The lowest BCUT2D eigenvalue weighted by Crippen LogP contribution is -2.56. The minimum absolute atomic E-state index is 0.0554. The molecule has 0 spiro atoms. The summed E-state index contributed by atoms with van der Waals surface area (Å²) in [6.45, 7) is 0.216. The van der Waals surface area contributed by atoms with Crippen molar-refractivity contribution in [2.45, 2.75) is 44.3 Å². The maximum absolute atomic E-state index is 14.0. The number of aromatic nitrogens is 1. The first-order valence-electron chi connectivity index (χ1n) is 15.0. The summed E-state index contributed by atoms with van der Waals surface area (Å²) in [4.78, 5) is 57.4. The molecule has 12 heteroatoms. The second kappa shape index (κ2) is 16.4. The van der Waals surface area contributed by atoms with Gasteiger partial charge in [0.15, 0.2) is 5.96 Å². The topological polar surface area (TPSA) is 199 Å². The van der Waals surface area contributed by atoms with Crippen LogP contribution in [0.25, 0.3) is 10.9 Å². The fourth-order valence-electron chi connectivity index (χ4n) is 5.06. The van der Waals surface area contributed by atoms with Crippen LogP contribution in [0.1, 0.15) is 29.5 Å². The standard InChI is InChI=1S/C34H39N8O4/c35-33(36)38-19-9-16-28(40-30(43)18-17-23-10-3-1-4-11-23)31(44)41-29(20-25-21-39-27-15-8-7-14-26(25)27)32(45)42(34(37)46)22-24-12-5-2-6-13-24/h1-8,10-15,18,21,28-29,39H,9,16-17,19-20,22H2,(H2,37,46)(H,40,43)(H,41,44)(H4,35,36,38). The Morgan fingerprint density at radius 3 is 2.17 bits per heavy atom. The third-order valence-corrected chi connectivity index (χ3v) is 7.41. The molecule has 9 N–H and O–H groups in total. The molecule has 0 aliphatic heterocycles. The van der Waals surface area contributed by atoms with Crippen LogP contribution in [0.15, 0.2) is 91.1 Å². The van der Waals surface area contributed by atoms with E-state index >= 15 is 0 Å². The van der Waals surface area contributed by atoms with Crippen molar-refractivity contribution in [1.82, 2.24) is 25.8 Å². The Labute approximate surface area is 267 Å². The van der Waals surface area contributed by atoms with Gasteiger partial charge in [-0.05, 0) is 42.0 Å². The van der Waals surface area contributed by atoms with E-state index in [4.69, 9.17) is 16.9 Å². The summed E-state index contributed by atoms with van der Waals surface area (Å²) in [6.07, 6.45) is 4.20. The molecule has 5 amide bonds. The molecule has 0 fully saturated rings. The first-order valence-corrected chi connectivity index (χ1v) is 15.0. The molecule has 0 saturated heterocycles. The summed E-state index contributed by atoms with van der Waals surface area (Å²) in [5, 5.41) is 16.5. The number of carbonyl (C=O) groups is 4. The number of guanidine groups is 1. The molecule has 3 aromatic carbocycles. The number of urea groups is 1. The highest BCUT2D eigenvalue weighted by Crippen LogP contribution is 2.20. The normalized spacial score (nSPS) is 12.1. The second-order valence-electron chi connectivity index (χ2n) is 10.8. The average molecular weight is 624 g/mol. The van der Waals surface area contributed by atoms with Gasteiger partial charge < -0.3 is 32.4 Å². The minimum atomic E-state index is -1.19. The summed E-state index contributed by atoms with van der Waals surface area (Å²) >= 11 is 0. The van der Waals surface area contributed by atoms with E-state index in [1.165, 1.54) is 6.42 Å². The molecular formula is C34H39N8O4. The molecule has 0 aliphatic carbocycles. The highest BCUT2D eigenvalue weighted by atomic mass is 16.2. The van der Waals surface area contributed by atoms with Crippen LogP contribution in [0.5, 0.6) is 0 Å². The number of para-hydroxylation sites is 1. The maximum Gasteiger partial charge on any atom is 0.321 e. The summed E-state index contributed by atoms with van der Waals surface area (Å²) in [5.74, 6) is -1.96. The number of H-pyrrole nitrogens is 1. The summed E-state index contributed by atoms with van der Waals surface area (Å²) in [6, 6.07) is 22.7. The Hall–Kier alpha value is -5.65. The Bertz CT molecular complexity index is 1640. The molecule has 239 valence electrons. The van der Waals surface area contributed by atoms with Crippen molar-refractivity contribution in [2.75, 3.05) is 6.54 Å². The number of carbonyl (C=O) groups excluding carboxylic acids is 4. The van der Waals surface area contributed by atoms with Crippen LogP contribution < -0.4 is 27.4 Å². The average Bonchev–Trinajstić information content (AvgIpc) is 3.46. The van der Waals surface area contributed by atoms with Crippen molar-refractivity contribution in [3.05, 3.63) is 114 Å². The van der Waals surface area contributed by atoms with Gasteiger partial charge in [0.1, 0.15) is 12.1 Å². The van der Waals surface area contributed by atoms with Crippen LogP contribution in [0.3, 0.4) is 0 Å². The van der Waals surface area contributed by atoms with Gasteiger partial charge in [0.05, 0.1) is 13.0 Å². The molecular weight excluding hydrogens is 584 g/mol. The van der Waals surface area contributed by atoms with Gasteiger partial charge in [-0.15, -0.1) is 0 Å². The Kier molecular flexibility index (Phi) is 11.9. The first kappa shape index (κ1) is 33.2. The number of aromatic amines is 1. The lowest BCUT2D eigenvalue weighted by atomic mass is 10.0. The number of imide groups is 1. The summed E-state index contributed by atoms with van der Waals surface area (Å²) < 4.78 is 0. The molecule has 0 aliphatic rings. The largest absolute Gasteiger partial charge is 0.370 e. The number of nitrogens with two attached hydrogens (primary N) is 2. The van der Waals surface area contributed by atoms with Crippen molar-refractivity contribution in [2.24, 2.45) is 11.5 Å². The number of benzene rings is 3. The van der Waals surface area contributed by atoms with Crippen LogP contribution in [0.2, 0.25) is 0 Å². The van der Waals surface area contributed by atoms with Crippen LogP contribution in [0.4, 0.5) is 4.79 Å². The van der Waals surface area contributed by atoms with Crippen LogP contribution in [0, 0.1) is 11.8 Å². The lowest BCUT2D eigenvalue weighted by molar-refractivity contribution is -0.135. The summed E-state index contributed by atoms with van der Waals surface area (Å²) in [5.41, 5.74) is 14.3. The fourth-order valence-corrected chi connectivity index (χ4v) is 5.06. The Balaban J connectivity index is 1.56. The van der Waals surface area contributed by atoms with E-state index in [1.54, 1.807) is 30.5 Å². The highest BCUT2D eigenvalue weighted by Gasteiger charge is 2.32. The molecule has 4 rings (SSSR count). The number of hydrogen-bond donors (Lipinski definition) is 7. The number of primary amides is 1. The van der Waals surface area contributed by atoms with Gasteiger partial charge in [0.2, 0.25) is 11.8 Å². The third kappa shape index (κ3) is 9.68. The van der Waals surface area contributed by atoms with Crippen LogP contribution in [-0.4, -0.2) is 58.2 Å². The van der Waals surface area contributed by atoms with Crippen molar-refractivity contribution >= 4 is 40.6 Å². The van der Waals surface area contributed by atoms with E-state index in [2.05, 4.69) is 20.9 Å². The van der Waals surface area contributed by atoms with Crippen LogP contribution in [-0.2, 0) is 33.8 Å². The molecule has 0 bridgehead atoms. The number of amides is 5. The predicted octanol–water partition coefficient (Wildman–Crippen LogP) is 2.50. The number of rotatable bonds is 15. The third-order valence-electron chi connectivity index (χ3n) is 7.41. The van der Waals surface area contributed by atoms with E-state index in [0.717, 1.165) is 26.9 Å². The SMILES string of the molecule is N=C(N)NCCCC(NC(=O)[CH]Cc1ccccc1)C(=O)NC(Cc1c[nH]c2ccccc12)C(=O)N(Cc1ccccc1)C(N)=O. The molecule has 2 unspecified atom stereocenters. The van der Waals surface area contributed by atoms with E-state index in [1.807, 2.05) is 60.7 Å². The van der Waals surface area contributed by atoms with Gasteiger partial charge in [0.25, 0.3) is 5.91 Å². The monoisotopic (exact) mass is 623 g/mol. The van der Waals surface area contributed by atoms with Crippen molar-refractivity contribution in [3.63, 3.8) is 0 Å². The molecule has 46 heavy (non-hydrogen) atoms. The number of nitrogens with zero attached hydrogens (tertiary/aromatic N) is 1. The molecule has 12 nitrogen and oxygen atoms in total. The number of nitrogens with one attached hydrogen (secondary N) is 5. The zero-order chi connectivity index (χ0) is 32.9. The van der Waals surface area contributed by atoms with Crippen molar-refractivity contribution in [3.8, 4) is 0 Å². The van der Waals surface area contributed by atoms with E-state index in [0.29, 0.717) is 24.9 Å².